The maximum Gasteiger partial charge on any atom is 0.270 e. The predicted octanol–water partition coefficient (Wildman–Crippen LogP) is 3.47. The van der Waals surface area contributed by atoms with Crippen molar-refractivity contribution in [3.8, 4) is 0 Å². The second kappa shape index (κ2) is 6.90. The number of rotatable bonds is 3. The summed E-state index contributed by atoms with van der Waals surface area (Å²) in [6, 6.07) is 9.47. The minimum atomic E-state index is -0.154. The standard InChI is InChI=1S/C15H15ClN2OS2/c16-14-12-4-2-1-3-10(12)7-13(18-14)15(19)17-8-11-9-20-5-6-21-11/h1-4,7,11H,5-6,8-9H2,(H,17,19). The predicted molar refractivity (Wildman–Crippen MR) is 92.7 cm³/mol. The number of benzene rings is 1. The number of pyridine rings is 1. The van der Waals surface area contributed by atoms with Gasteiger partial charge in [0.05, 0.1) is 0 Å². The molecule has 2 heterocycles. The van der Waals surface area contributed by atoms with Crippen LogP contribution in [0.2, 0.25) is 5.15 Å². The first-order valence-electron chi connectivity index (χ1n) is 6.77. The summed E-state index contributed by atoms with van der Waals surface area (Å²) in [5, 5.41) is 5.64. The number of nitrogens with zero attached hydrogens (tertiary/aromatic N) is 1. The van der Waals surface area contributed by atoms with Crippen LogP contribution in [-0.2, 0) is 0 Å². The van der Waals surface area contributed by atoms with Crippen molar-refractivity contribution in [3.05, 3.63) is 41.2 Å². The smallest absolute Gasteiger partial charge is 0.270 e. The lowest BCUT2D eigenvalue weighted by Gasteiger charge is -2.21. The lowest BCUT2D eigenvalue weighted by Crippen LogP contribution is -2.33. The van der Waals surface area contributed by atoms with Gasteiger partial charge in [0.1, 0.15) is 10.8 Å². The number of amides is 1. The zero-order valence-corrected chi connectivity index (χ0v) is 13.7. The molecule has 6 heteroatoms. The van der Waals surface area contributed by atoms with Gasteiger partial charge in [0.2, 0.25) is 0 Å². The minimum absolute atomic E-state index is 0.154. The lowest BCUT2D eigenvalue weighted by molar-refractivity contribution is 0.0949. The second-order valence-electron chi connectivity index (χ2n) is 4.80. The molecule has 1 aromatic carbocycles. The Morgan fingerprint density at radius 1 is 1.38 bits per heavy atom. The molecule has 0 spiro atoms. The van der Waals surface area contributed by atoms with Gasteiger partial charge in [-0.1, -0.05) is 35.9 Å². The van der Waals surface area contributed by atoms with E-state index in [2.05, 4.69) is 10.3 Å². The molecule has 2 aromatic rings. The molecule has 1 fully saturated rings. The lowest BCUT2D eigenvalue weighted by atomic mass is 10.1. The molecule has 1 aliphatic rings. The van der Waals surface area contributed by atoms with Crippen molar-refractivity contribution < 1.29 is 4.79 Å². The van der Waals surface area contributed by atoms with Gasteiger partial charge in [0.15, 0.2) is 0 Å². The average molecular weight is 339 g/mol. The van der Waals surface area contributed by atoms with E-state index in [0.717, 1.165) is 22.3 Å². The third-order valence-corrected chi connectivity index (χ3v) is 6.43. The van der Waals surface area contributed by atoms with E-state index >= 15 is 0 Å². The Labute approximate surface area is 137 Å². The van der Waals surface area contributed by atoms with Crippen LogP contribution in [0, 0.1) is 0 Å². The summed E-state index contributed by atoms with van der Waals surface area (Å²) >= 11 is 10.0. The molecular formula is C15H15ClN2OS2. The molecule has 21 heavy (non-hydrogen) atoms. The van der Waals surface area contributed by atoms with Crippen molar-refractivity contribution in [1.29, 1.82) is 0 Å². The second-order valence-corrected chi connectivity index (χ2v) is 7.71. The number of nitrogens with one attached hydrogen (secondary N) is 1. The van der Waals surface area contributed by atoms with Gasteiger partial charge in [0.25, 0.3) is 5.91 Å². The van der Waals surface area contributed by atoms with Crippen LogP contribution in [0.3, 0.4) is 0 Å². The SMILES string of the molecule is O=C(NCC1CSCCS1)c1cc2ccccc2c(Cl)n1. The highest BCUT2D eigenvalue weighted by molar-refractivity contribution is 8.06. The van der Waals surface area contributed by atoms with E-state index in [9.17, 15) is 4.79 Å². The number of hydrogen-bond donors (Lipinski definition) is 1. The fourth-order valence-corrected chi connectivity index (χ4v) is 5.10. The largest absolute Gasteiger partial charge is 0.350 e. The third-order valence-electron chi connectivity index (χ3n) is 3.30. The number of carbonyl (C=O) groups is 1. The van der Waals surface area contributed by atoms with Gasteiger partial charge in [0, 0.05) is 34.4 Å². The molecule has 0 saturated carbocycles. The maximum atomic E-state index is 12.2. The van der Waals surface area contributed by atoms with Crippen LogP contribution in [0.25, 0.3) is 10.8 Å². The van der Waals surface area contributed by atoms with Gasteiger partial charge in [-0.2, -0.15) is 23.5 Å². The summed E-state index contributed by atoms with van der Waals surface area (Å²) in [4.78, 5) is 16.4. The Balaban J connectivity index is 1.72. The van der Waals surface area contributed by atoms with Crippen molar-refractivity contribution in [2.24, 2.45) is 0 Å². The molecule has 1 unspecified atom stereocenters. The molecule has 3 rings (SSSR count). The molecule has 0 radical (unpaired) electrons. The molecule has 1 amide bonds. The van der Waals surface area contributed by atoms with Gasteiger partial charge >= 0.3 is 0 Å². The molecule has 3 nitrogen and oxygen atoms in total. The number of aromatic nitrogens is 1. The zero-order valence-electron chi connectivity index (χ0n) is 11.3. The molecule has 110 valence electrons. The van der Waals surface area contributed by atoms with Crippen LogP contribution in [0.1, 0.15) is 10.5 Å². The molecule has 0 aliphatic carbocycles. The van der Waals surface area contributed by atoms with Crippen LogP contribution in [-0.4, -0.2) is 39.9 Å². The Bertz CT molecular complexity index is 659. The molecule has 1 aromatic heterocycles. The Morgan fingerprint density at radius 3 is 3.05 bits per heavy atom. The van der Waals surface area contributed by atoms with E-state index in [1.165, 1.54) is 5.75 Å². The normalized spacial score (nSPS) is 18.6. The number of hydrogen-bond acceptors (Lipinski definition) is 4. The quantitative estimate of drug-likeness (QED) is 0.870. The first-order chi connectivity index (χ1) is 10.2. The minimum Gasteiger partial charge on any atom is -0.350 e. The molecule has 1 N–H and O–H groups in total. The van der Waals surface area contributed by atoms with Crippen molar-refractivity contribution >= 4 is 51.8 Å². The van der Waals surface area contributed by atoms with Gasteiger partial charge in [-0.3, -0.25) is 4.79 Å². The Morgan fingerprint density at radius 2 is 2.24 bits per heavy atom. The number of fused-ring (bicyclic) bond motifs is 1. The van der Waals surface area contributed by atoms with Crippen LogP contribution >= 0.6 is 35.1 Å². The fraction of sp³-hybridized carbons (Fsp3) is 0.333. The van der Waals surface area contributed by atoms with Crippen molar-refractivity contribution in [2.75, 3.05) is 23.8 Å². The van der Waals surface area contributed by atoms with Crippen LogP contribution in [0.4, 0.5) is 0 Å². The summed E-state index contributed by atoms with van der Waals surface area (Å²) in [7, 11) is 0. The number of thioether (sulfide) groups is 2. The van der Waals surface area contributed by atoms with E-state index < -0.39 is 0 Å². The van der Waals surface area contributed by atoms with E-state index in [1.54, 1.807) is 6.07 Å². The van der Waals surface area contributed by atoms with Crippen molar-refractivity contribution in [2.45, 2.75) is 5.25 Å². The Hall–Kier alpha value is -0.910. The summed E-state index contributed by atoms with van der Waals surface area (Å²) in [6.07, 6.45) is 0. The molecule has 1 aliphatic heterocycles. The van der Waals surface area contributed by atoms with E-state index in [1.807, 2.05) is 47.8 Å². The Kier molecular flexibility index (Phi) is 4.93. The number of halogens is 1. The molecule has 0 bridgehead atoms. The maximum absolute atomic E-state index is 12.2. The summed E-state index contributed by atoms with van der Waals surface area (Å²) < 4.78 is 0. The highest BCUT2D eigenvalue weighted by Crippen LogP contribution is 2.24. The summed E-state index contributed by atoms with van der Waals surface area (Å²) in [6.45, 7) is 0.683. The zero-order chi connectivity index (χ0) is 14.7. The van der Waals surface area contributed by atoms with E-state index in [-0.39, 0.29) is 5.91 Å². The average Bonchev–Trinajstić information content (AvgIpc) is 2.53. The van der Waals surface area contributed by atoms with Crippen molar-refractivity contribution in [3.63, 3.8) is 0 Å². The van der Waals surface area contributed by atoms with Crippen LogP contribution < -0.4 is 5.32 Å². The van der Waals surface area contributed by atoms with Crippen LogP contribution in [0.15, 0.2) is 30.3 Å². The fourth-order valence-electron chi connectivity index (χ4n) is 2.22. The van der Waals surface area contributed by atoms with Gasteiger partial charge in [-0.15, -0.1) is 0 Å². The summed E-state index contributed by atoms with van der Waals surface area (Å²) in [5.41, 5.74) is 0.382. The first kappa shape index (κ1) is 15.0. The third kappa shape index (κ3) is 3.65. The van der Waals surface area contributed by atoms with Gasteiger partial charge in [-0.25, -0.2) is 4.98 Å². The van der Waals surface area contributed by atoms with Crippen molar-refractivity contribution in [1.82, 2.24) is 10.3 Å². The summed E-state index contributed by atoms with van der Waals surface area (Å²) in [5.74, 6) is 3.30. The van der Waals surface area contributed by atoms with Crippen LogP contribution in [0.5, 0.6) is 0 Å². The topological polar surface area (TPSA) is 42.0 Å². The first-order valence-corrected chi connectivity index (χ1v) is 9.35. The van der Waals surface area contributed by atoms with Gasteiger partial charge in [-0.05, 0) is 11.5 Å². The van der Waals surface area contributed by atoms with E-state index in [4.69, 9.17) is 11.6 Å². The molecule has 1 atom stereocenters. The highest BCUT2D eigenvalue weighted by Gasteiger charge is 2.17. The molecule has 1 saturated heterocycles. The number of carbonyl (C=O) groups excluding carboxylic acids is 1. The highest BCUT2D eigenvalue weighted by atomic mass is 35.5. The molecular weight excluding hydrogens is 324 g/mol. The monoisotopic (exact) mass is 338 g/mol. The van der Waals surface area contributed by atoms with E-state index in [0.29, 0.717) is 22.6 Å². The van der Waals surface area contributed by atoms with Gasteiger partial charge < -0.3 is 5.32 Å².